The number of nitrogens with zero attached hydrogens (tertiary/aromatic N) is 4. The molecule has 0 N–H and O–H groups in total. The zero-order chi connectivity index (χ0) is 14.4. The summed E-state index contributed by atoms with van der Waals surface area (Å²) in [6.45, 7) is 11.8. The fourth-order valence-electron chi connectivity index (χ4n) is 2.05. The van der Waals surface area contributed by atoms with Crippen LogP contribution in [0.5, 0.6) is 0 Å². The second-order valence-electron chi connectivity index (χ2n) is 5.26. The fraction of sp³-hybridized carbons (Fsp3) is 0.600. The van der Waals surface area contributed by atoms with Crippen LogP contribution in [-0.2, 0) is 13.6 Å². The zero-order valence-corrected chi connectivity index (χ0v) is 13.0. The molecule has 2 rings (SSSR count). The highest BCUT2D eigenvalue weighted by molar-refractivity contribution is 5.05. The predicted octanol–water partition coefficient (Wildman–Crippen LogP) is 3.57. The summed E-state index contributed by atoms with van der Waals surface area (Å²) < 4.78 is 3.94. The van der Waals surface area contributed by atoms with Crippen molar-refractivity contribution < 1.29 is 0 Å². The van der Waals surface area contributed by atoms with Gasteiger partial charge in [0.2, 0.25) is 0 Å². The lowest BCUT2D eigenvalue weighted by atomic mass is 10.1. The van der Waals surface area contributed by atoms with E-state index >= 15 is 0 Å². The maximum absolute atomic E-state index is 4.17. The molecule has 0 unspecified atom stereocenters. The Labute approximate surface area is 116 Å². The first-order valence-electron chi connectivity index (χ1n) is 6.96. The normalized spacial score (nSPS) is 10.7. The second kappa shape index (κ2) is 7.12. The minimum Gasteiger partial charge on any atom is -0.272 e. The highest BCUT2D eigenvalue weighted by atomic mass is 15.3. The maximum atomic E-state index is 4.17. The third kappa shape index (κ3) is 4.23. The molecule has 0 bridgehead atoms. The van der Waals surface area contributed by atoms with Gasteiger partial charge in [-0.15, -0.1) is 0 Å². The number of aryl methyl sites for hydroxylation is 2. The monoisotopic (exact) mass is 262 g/mol. The van der Waals surface area contributed by atoms with E-state index in [-0.39, 0.29) is 0 Å². The van der Waals surface area contributed by atoms with Crippen LogP contribution in [0.15, 0.2) is 24.5 Å². The van der Waals surface area contributed by atoms with Gasteiger partial charge in [-0.05, 0) is 30.9 Å². The summed E-state index contributed by atoms with van der Waals surface area (Å²) >= 11 is 0. The molecule has 0 fully saturated rings. The zero-order valence-electron chi connectivity index (χ0n) is 13.0. The molecule has 0 amide bonds. The van der Waals surface area contributed by atoms with Crippen LogP contribution in [0.25, 0.3) is 0 Å². The van der Waals surface area contributed by atoms with E-state index in [0.29, 0.717) is 11.8 Å². The van der Waals surface area contributed by atoms with Gasteiger partial charge in [0.05, 0.1) is 0 Å². The molecule has 0 aliphatic carbocycles. The van der Waals surface area contributed by atoms with E-state index in [2.05, 4.69) is 50.9 Å². The molecule has 0 atom stereocenters. The van der Waals surface area contributed by atoms with Gasteiger partial charge in [-0.1, -0.05) is 27.7 Å². The largest absolute Gasteiger partial charge is 0.272 e. The summed E-state index contributed by atoms with van der Waals surface area (Å²) in [4.78, 5) is 0. The predicted molar refractivity (Wildman–Crippen MR) is 79.3 cm³/mol. The Hall–Kier alpha value is -1.58. The molecule has 2 aromatic heterocycles. The van der Waals surface area contributed by atoms with Crippen LogP contribution in [0.2, 0.25) is 0 Å². The van der Waals surface area contributed by atoms with Crippen LogP contribution in [0.4, 0.5) is 0 Å². The highest BCUT2D eigenvalue weighted by Crippen LogP contribution is 2.12. The molecule has 0 spiro atoms. The van der Waals surface area contributed by atoms with Gasteiger partial charge in [0.1, 0.15) is 0 Å². The average molecular weight is 262 g/mol. The lowest BCUT2D eigenvalue weighted by Gasteiger charge is -2.06. The summed E-state index contributed by atoms with van der Waals surface area (Å²) in [5.41, 5.74) is 2.61. The molecule has 0 aliphatic heterocycles. The van der Waals surface area contributed by atoms with E-state index < -0.39 is 0 Å². The first-order chi connectivity index (χ1) is 8.97. The second-order valence-corrected chi connectivity index (χ2v) is 5.26. The van der Waals surface area contributed by atoms with Crippen LogP contribution in [0.3, 0.4) is 0 Å². The molecular weight excluding hydrogens is 236 g/mol. The first kappa shape index (κ1) is 15.5. The van der Waals surface area contributed by atoms with Crippen LogP contribution in [-0.4, -0.2) is 19.6 Å². The smallest absolute Gasteiger partial charge is 0.0492 e. The summed E-state index contributed by atoms with van der Waals surface area (Å²) in [5.74, 6) is 1.17. The lowest BCUT2D eigenvalue weighted by molar-refractivity contribution is 0.598. The van der Waals surface area contributed by atoms with Crippen molar-refractivity contribution in [3.8, 4) is 0 Å². The molecule has 0 saturated carbocycles. The van der Waals surface area contributed by atoms with E-state index in [9.17, 15) is 0 Å². The standard InChI is InChI=1S/C8H14N2.C7H12N2/c1-4-10-8(7(2)3)5-6-9-10;1-6(2)7-4-5-8-9(7)3/h5-7H,4H2,1-3H3;4-6H,1-3H3. The van der Waals surface area contributed by atoms with Crippen LogP contribution in [0.1, 0.15) is 57.8 Å². The first-order valence-corrected chi connectivity index (χ1v) is 6.96. The van der Waals surface area contributed by atoms with E-state index in [4.69, 9.17) is 0 Å². The molecular formula is C15H26N4. The summed E-state index contributed by atoms with van der Waals surface area (Å²) in [6.07, 6.45) is 3.69. The third-order valence-electron chi connectivity index (χ3n) is 3.09. The van der Waals surface area contributed by atoms with E-state index in [1.54, 1.807) is 0 Å². The average Bonchev–Trinajstić information content (AvgIpc) is 2.97. The van der Waals surface area contributed by atoms with Crippen molar-refractivity contribution in [1.29, 1.82) is 0 Å². The Kier molecular flexibility index (Phi) is 5.80. The van der Waals surface area contributed by atoms with E-state index in [1.165, 1.54) is 11.4 Å². The molecule has 0 saturated heterocycles. The van der Waals surface area contributed by atoms with Crippen molar-refractivity contribution >= 4 is 0 Å². The van der Waals surface area contributed by atoms with Gasteiger partial charge in [-0.3, -0.25) is 9.36 Å². The van der Waals surface area contributed by atoms with Crippen molar-refractivity contribution in [3.05, 3.63) is 35.9 Å². The van der Waals surface area contributed by atoms with Gasteiger partial charge in [-0.25, -0.2) is 0 Å². The van der Waals surface area contributed by atoms with Gasteiger partial charge >= 0.3 is 0 Å². The maximum Gasteiger partial charge on any atom is 0.0492 e. The summed E-state index contributed by atoms with van der Waals surface area (Å²) in [5, 5.41) is 8.23. The van der Waals surface area contributed by atoms with Gasteiger partial charge in [0, 0.05) is 37.4 Å². The Morgan fingerprint density at radius 3 is 1.79 bits per heavy atom. The molecule has 106 valence electrons. The number of hydrogen-bond donors (Lipinski definition) is 0. The molecule has 4 nitrogen and oxygen atoms in total. The molecule has 0 radical (unpaired) electrons. The van der Waals surface area contributed by atoms with Gasteiger partial charge in [0.15, 0.2) is 0 Å². The van der Waals surface area contributed by atoms with Crippen LogP contribution >= 0.6 is 0 Å². The van der Waals surface area contributed by atoms with Gasteiger partial charge in [0.25, 0.3) is 0 Å². The lowest BCUT2D eigenvalue weighted by Crippen LogP contribution is -2.03. The quantitative estimate of drug-likeness (QED) is 0.847. The topological polar surface area (TPSA) is 35.6 Å². The molecule has 4 heteroatoms. The molecule has 0 aromatic carbocycles. The van der Waals surface area contributed by atoms with E-state index in [1.807, 2.05) is 34.9 Å². The van der Waals surface area contributed by atoms with Crippen molar-refractivity contribution in [2.75, 3.05) is 0 Å². The Morgan fingerprint density at radius 1 is 0.947 bits per heavy atom. The summed E-state index contributed by atoms with van der Waals surface area (Å²) in [7, 11) is 1.97. The minimum atomic E-state index is 0.581. The minimum absolute atomic E-state index is 0.581. The number of rotatable bonds is 3. The Bertz CT molecular complexity index is 480. The fourth-order valence-corrected chi connectivity index (χ4v) is 2.05. The molecule has 2 aromatic rings. The van der Waals surface area contributed by atoms with Gasteiger partial charge in [-0.2, -0.15) is 10.2 Å². The highest BCUT2D eigenvalue weighted by Gasteiger charge is 2.03. The van der Waals surface area contributed by atoms with Crippen molar-refractivity contribution in [2.45, 2.75) is 53.0 Å². The Balaban J connectivity index is 0.000000191. The van der Waals surface area contributed by atoms with Crippen LogP contribution < -0.4 is 0 Å². The van der Waals surface area contributed by atoms with Crippen molar-refractivity contribution in [2.24, 2.45) is 7.05 Å². The SMILES string of the molecule is CC(C)c1ccnn1C.CCn1nccc1C(C)C. The van der Waals surface area contributed by atoms with Crippen molar-refractivity contribution in [3.63, 3.8) is 0 Å². The third-order valence-corrected chi connectivity index (χ3v) is 3.09. The number of aromatic nitrogens is 4. The Morgan fingerprint density at radius 2 is 1.47 bits per heavy atom. The van der Waals surface area contributed by atoms with Crippen LogP contribution in [0, 0.1) is 0 Å². The van der Waals surface area contributed by atoms with Crippen molar-refractivity contribution in [1.82, 2.24) is 19.6 Å². The molecule has 19 heavy (non-hydrogen) atoms. The van der Waals surface area contributed by atoms with Gasteiger partial charge < -0.3 is 0 Å². The van der Waals surface area contributed by atoms with E-state index in [0.717, 1.165) is 6.54 Å². The molecule has 0 aliphatic rings. The number of hydrogen-bond acceptors (Lipinski definition) is 2. The molecule has 2 heterocycles. The summed E-state index contributed by atoms with van der Waals surface area (Å²) in [6, 6.07) is 4.12.